The van der Waals surface area contributed by atoms with Gasteiger partial charge in [0, 0.05) is 11.8 Å². The molecule has 1 amide bonds. The summed E-state index contributed by atoms with van der Waals surface area (Å²) in [6.07, 6.45) is -1.19. The molecule has 0 aliphatic rings. The van der Waals surface area contributed by atoms with E-state index >= 15 is 0 Å². The summed E-state index contributed by atoms with van der Waals surface area (Å²) in [5.41, 5.74) is 0.906. The number of nitrogens with one attached hydrogen (secondary N) is 1. The summed E-state index contributed by atoms with van der Waals surface area (Å²) in [6, 6.07) is 3.70. The summed E-state index contributed by atoms with van der Waals surface area (Å²) in [4.78, 5) is 22.8. The van der Waals surface area contributed by atoms with Crippen LogP contribution < -0.4 is 10.1 Å². The minimum Gasteiger partial charge on any atom is -0.479 e. The Labute approximate surface area is 131 Å². The second-order valence-corrected chi connectivity index (χ2v) is 4.90. The molecule has 1 heterocycles. The molecule has 1 atom stereocenters. The van der Waals surface area contributed by atoms with Gasteiger partial charge in [-0.25, -0.2) is 9.18 Å². The number of nitrogens with zero attached hydrogens (tertiary/aromatic N) is 1. The van der Waals surface area contributed by atoms with Crippen LogP contribution in [0.5, 0.6) is 5.75 Å². The number of hydrogen-bond donors (Lipinski definition) is 2. The minimum atomic E-state index is -1.21. The average Bonchev–Trinajstić information content (AvgIpc) is 2.80. The summed E-state index contributed by atoms with van der Waals surface area (Å²) >= 11 is 0. The van der Waals surface area contributed by atoms with E-state index in [0.29, 0.717) is 11.5 Å². The molecule has 0 spiro atoms. The predicted molar refractivity (Wildman–Crippen MR) is 78.1 cm³/mol. The molecule has 0 saturated heterocycles. The number of aromatic nitrogens is 1. The SMILES string of the molecule is Cc1noc(C)c1C(=O)Nc1ccc(OC(C)C(=O)O)c(F)c1. The van der Waals surface area contributed by atoms with E-state index in [9.17, 15) is 14.0 Å². The molecule has 1 aromatic heterocycles. The molecule has 0 radical (unpaired) electrons. The van der Waals surface area contributed by atoms with Crippen molar-refractivity contribution in [1.29, 1.82) is 0 Å². The number of carbonyl (C=O) groups excluding carboxylic acids is 1. The van der Waals surface area contributed by atoms with E-state index in [4.69, 9.17) is 14.4 Å². The molecular formula is C15H15FN2O5. The Morgan fingerprint density at radius 3 is 2.61 bits per heavy atom. The van der Waals surface area contributed by atoms with Gasteiger partial charge >= 0.3 is 5.97 Å². The van der Waals surface area contributed by atoms with Crippen molar-refractivity contribution in [2.45, 2.75) is 26.9 Å². The van der Waals surface area contributed by atoms with E-state index in [1.165, 1.54) is 19.1 Å². The molecule has 2 rings (SSSR count). The van der Waals surface area contributed by atoms with Gasteiger partial charge in [0.25, 0.3) is 5.91 Å². The Morgan fingerprint density at radius 2 is 2.09 bits per heavy atom. The largest absolute Gasteiger partial charge is 0.479 e. The fourth-order valence-electron chi connectivity index (χ4n) is 1.92. The Morgan fingerprint density at radius 1 is 1.39 bits per heavy atom. The Kier molecular flexibility index (Phi) is 4.63. The highest BCUT2D eigenvalue weighted by molar-refractivity contribution is 6.05. The van der Waals surface area contributed by atoms with Crippen LogP contribution in [0.2, 0.25) is 0 Å². The van der Waals surface area contributed by atoms with Crippen molar-refractivity contribution in [1.82, 2.24) is 5.16 Å². The predicted octanol–water partition coefficient (Wildman–Crippen LogP) is 2.53. The van der Waals surface area contributed by atoms with Crippen molar-refractivity contribution in [3.63, 3.8) is 0 Å². The molecule has 122 valence electrons. The number of aryl methyl sites for hydroxylation is 2. The third kappa shape index (κ3) is 3.65. The van der Waals surface area contributed by atoms with E-state index in [-0.39, 0.29) is 17.0 Å². The van der Waals surface area contributed by atoms with Gasteiger partial charge in [0.15, 0.2) is 17.7 Å². The van der Waals surface area contributed by atoms with Gasteiger partial charge < -0.3 is 19.7 Å². The lowest BCUT2D eigenvalue weighted by Crippen LogP contribution is -2.23. The number of halogens is 1. The van der Waals surface area contributed by atoms with Crippen molar-refractivity contribution in [2.75, 3.05) is 5.32 Å². The molecule has 0 aliphatic heterocycles. The van der Waals surface area contributed by atoms with E-state index in [0.717, 1.165) is 6.07 Å². The number of anilines is 1. The van der Waals surface area contributed by atoms with Crippen molar-refractivity contribution in [3.05, 3.63) is 41.0 Å². The topological polar surface area (TPSA) is 102 Å². The second-order valence-electron chi connectivity index (χ2n) is 4.90. The second kappa shape index (κ2) is 6.47. The lowest BCUT2D eigenvalue weighted by atomic mass is 10.2. The summed E-state index contributed by atoms with van der Waals surface area (Å²) < 4.78 is 23.8. The zero-order chi connectivity index (χ0) is 17.1. The molecule has 8 heteroatoms. The molecule has 7 nitrogen and oxygen atoms in total. The van der Waals surface area contributed by atoms with Gasteiger partial charge in [0.1, 0.15) is 11.3 Å². The number of aliphatic carboxylic acids is 1. The molecule has 0 saturated carbocycles. The maximum absolute atomic E-state index is 13.9. The number of carbonyl (C=O) groups is 2. The summed E-state index contributed by atoms with van der Waals surface area (Å²) in [5, 5.41) is 14.9. The van der Waals surface area contributed by atoms with E-state index in [1.54, 1.807) is 13.8 Å². The number of carboxylic acids is 1. The molecule has 23 heavy (non-hydrogen) atoms. The lowest BCUT2D eigenvalue weighted by molar-refractivity contribution is -0.144. The Balaban J connectivity index is 2.15. The molecule has 0 aliphatic carbocycles. The highest BCUT2D eigenvalue weighted by Crippen LogP contribution is 2.23. The van der Waals surface area contributed by atoms with Crippen LogP contribution in [-0.2, 0) is 4.79 Å². The minimum absolute atomic E-state index is 0.197. The quantitative estimate of drug-likeness (QED) is 0.877. The van der Waals surface area contributed by atoms with Gasteiger partial charge in [-0.2, -0.15) is 0 Å². The van der Waals surface area contributed by atoms with Crippen molar-refractivity contribution >= 4 is 17.6 Å². The first kappa shape index (κ1) is 16.5. The highest BCUT2D eigenvalue weighted by atomic mass is 19.1. The van der Waals surface area contributed by atoms with Crippen LogP contribution in [0.3, 0.4) is 0 Å². The average molecular weight is 322 g/mol. The first-order valence-electron chi connectivity index (χ1n) is 6.73. The number of amides is 1. The first-order chi connectivity index (χ1) is 10.8. The molecule has 0 fully saturated rings. The third-order valence-electron chi connectivity index (χ3n) is 3.10. The van der Waals surface area contributed by atoms with Crippen LogP contribution >= 0.6 is 0 Å². The van der Waals surface area contributed by atoms with Gasteiger partial charge in [-0.15, -0.1) is 0 Å². The Bertz CT molecular complexity index is 737. The van der Waals surface area contributed by atoms with Gasteiger partial charge in [0.2, 0.25) is 0 Å². The van der Waals surface area contributed by atoms with Gasteiger partial charge in [-0.1, -0.05) is 5.16 Å². The highest BCUT2D eigenvalue weighted by Gasteiger charge is 2.19. The Hall–Kier alpha value is -2.90. The summed E-state index contributed by atoms with van der Waals surface area (Å²) in [5.74, 6) is -2.32. The fraction of sp³-hybridized carbons (Fsp3) is 0.267. The molecule has 1 aromatic carbocycles. The van der Waals surface area contributed by atoms with Crippen LogP contribution in [0.25, 0.3) is 0 Å². The van der Waals surface area contributed by atoms with Crippen LogP contribution in [0, 0.1) is 19.7 Å². The number of hydrogen-bond acceptors (Lipinski definition) is 5. The molecular weight excluding hydrogens is 307 g/mol. The van der Waals surface area contributed by atoms with Crippen LogP contribution in [0.15, 0.2) is 22.7 Å². The summed E-state index contributed by atoms with van der Waals surface area (Å²) in [7, 11) is 0. The normalized spacial score (nSPS) is 11.8. The lowest BCUT2D eigenvalue weighted by Gasteiger charge is -2.12. The zero-order valence-electron chi connectivity index (χ0n) is 12.7. The summed E-state index contributed by atoms with van der Waals surface area (Å²) in [6.45, 7) is 4.50. The van der Waals surface area contributed by atoms with Crippen LogP contribution in [-0.4, -0.2) is 28.2 Å². The first-order valence-corrected chi connectivity index (χ1v) is 6.73. The fourth-order valence-corrected chi connectivity index (χ4v) is 1.92. The number of rotatable bonds is 5. The molecule has 2 aromatic rings. The molecule has 0 bridgehead atoms. The van der Waals surface area contributed by atoms with Crippen molar-refractivity contribution < 1.29 is 28.3 Å². The maximum Gasteiger partial charge on any atom is 0.344 e. The van der Waals surface area contributed by atoms with E-state index in [1.807, 2.05) is 0 Å². The zero-order valence-corrected chi connectivity index (χ0v) is 12.7. The van der Waals surface area contributed by atoms with Crippen LogP contribution in [0.1, 0.15) is 28.7 Å². The van der Waals surface area contributed by atoms with Gasteiger partial charge in [-0.3, -0.25) is 4.79 Å². The maximum atomic E-state index is 13.9. The number of carboxylic acid groups (broad SMARTS) is 1. The van der Waals surface area contributed by atoms with Gasteiger partial charge in [0.05, 0.1) is 5.69 Å². The number of benzene rings is 1. The third-order valence-corrected chi connectivity index (χ3v) is 3.10. The smallest absolute Gasteiger partial charge is 0.344 e. The molecule has 1 unspecified atom stereocenters. The van der Waals surface area contributed by atoms with E-state index < -0.39 is 23.8 Å². The van der Waals surface area contributed by atoms with E-state index in [2.05, 4.69) is 10.5 Å². The monoisotopic (exact) mass is 322 g/mol. The van der Waals surface area contributed by atoms with Crippen LogP contribution in [0.4, 0.5) is 10.1 Å². The molecule has 2 N–H and O–H groups in total. The number of ether oxygens (including phenoxy) is 1. The van der Waals surface area contributed by atoms with Crippen molar-refractivity contribution in [2.24, 2.45) is 0 Å². The standard InChI is InChI=1S/C15H15FN2O5/c1-7-13(8(2)23-18-7)14(19)17-10-4-5-12(11(16)6-10)22-9(3)15(20)21/h4-6,9H,1-3H3,(H,17,19)(H,20,21). The van der Waals surface area contributed by atoms with Crippen molar-refractivity contribution in [3.8, 4) is 5.75 Å². The van der Waals surface area contributed by atoms with Gasteiger partial charge in [-0.05, 0) is 32.9 Å².